The van der Waals surface area contributed by atoms with Crippen LogP contribution in [0.5, 0.6) is 0 Å². The maximum absolute atomic E-state index is 13.7. The van der Waals surface area contributed by atoms with Crippen molar-refractivity contribution >= 4 is 23.2 Å². The predicted octanol–water partition coefficient (Wildman–Crippen LogP) is 4.62. The molecule has 3 aromatic carbocycles. The SMILES string of the molecule is COCC(=O)Nc1cc(-c2cccc(CN(C(=O)Cc3ccccc3)C3CCC(N)CC3)c2)ccc1N1CCOCC1. The van der Waals surface area contributed by atoms with E-state index in [9.17, 15) is 9.59 Å². The van der Waals surface area contributed by atoms with E-state index in [0.717, 1.165) is 72.4 Å². The molecular formula is C34H42N4O4. The Labute approximate surface area is 248 Å². The molecule has 1 heterocycles. The van der Waals surface area contributed by atoms with Crippen LogP contribution in [0.15, 0.2) is 72.8 Å². The van der Waals surface area contributed by atoms with Gasteiger partial charge >= 0.3 is 0 Å². The topological polar surface area (TPSA) is 97.1 Å². The summed E-state index contributed by atoms with van der Waals surface area (Å²) in [6, 6.07) is 24.9. The summed E-state index contributed by atoms with van der Waals surface area (Å²) in [6.45, 7) is 3.37. The summed E-state index contributed by atoms with van der Waals surface area (Å²) in [5.74, 6) is -0.0530. The van der Waals surface area contributed by atoms with Crippen LogP contribution in [-0.4, -0.2) is 68.8 Å². The average Bonchev–Trinajstić information content (AvgIpc) is 3.01. The monoisotopic (exact) mass is 570 g/mol. The van der Waals surface area contributed by atoms with Crippen LogP contribution in [0, 0.1) is 0 Å². The number of amides is 2. The largest absolute Gasteiger partial charge is 0.378 e. The highest BCUT2D eigenvalue weighted by molar-refractivity contribution is 5.96. The molecule has 0 aromatic heterocycles. The van der Waals surface area contributed by atoms with Crippen molar-refractivity contribution in [2.24, 2.45) is 5.73 Å². The third-order valence-electron chi connectivity index (χ3n) is 8.21. The Morgan fingerprint density at radius 2 is 1.64 bits per heavy atom. The zero-order valence-corrected chi connectivity index (χ0v) is 24.5. The van der Waals surface area contributed by atoms with E-state index >= 15 is 0 Å². The average molecular weight is 571 g/mol. The summed E-state index contributed by atoms with van der Waals surface area (Å²) in [7, 11) is 1.51. The maximum Gasteiger partial charge on any atom is 0.250 e. The van der Waals surface area contributed by atoms with Gasteiger partial charge in [-0.1, -0.05) is 54.6 Å². The molecule has 8 heteroatoms. The van der Waals surface area contributed by atoms with Gasteiger partial charge < -0.3 is 30.3 Å². The first kappa shape index (κ1) is 29.8. The first-order valence-electron chi connectivity index (χ1n) is 14.9. The Kier molecular flexibility index (Phi) is 10.2. The number of benzene rings is 3. The molecule has 1 saturated heterocycles. The minimum absolute atomic E-state index is 0.0127. The normalized spacial score (nSPS) is 18.9. The highest BCUT2D eigenvalue weighted by Gasteiger charge is 2.28. The number of nitrogens with two attached hydrogens (primary N) is 1. The Balaban J connectivity index is 1.40. The van der Waals surface area contributed by atoms with Gasteiger partial charge in [-0.3, -0.25) is 9.59 Å². The van der Waals surface area contributed by atoms with Crippen LogP contribution in [-0.2, 0) is 32.0 Å². The highest BCUT2D eigenvalue weighted by Crippen LogP contribution is 2.33. The lowest BCUT2D eigenvalue weighted by Gasteiger charge is -2.36. The van der Waals surface area contributed by atoms with Gasteiger partial charge in [0.1, 0.15) is 6.61 Å². The van der Waals surface area contributed by atoms with E-state index in [1.807, 2.05) is 42.5 Å². The molecule has 0 radical (unpaired) electrons. The molecule has 3 aromatic rings. The maximum atomic E-state index is 13.7. The van der Waals surface area contributed by atoms with E-state index in [1.165, 1.54) is 7.11 Å². The molecule has 2 fully saturated rings. The number of hydrogen-bond donors (Lipinski definition) is 2. The number of hydrogen-bond acceptors (Lipinski definition) is 6. The molecule has 5 rings (SSSR count). The molecule has 1 aliphatic carbocycles. The van der Waals surface area contributed by atoms with Crippen molar-refractivity contribution in [3.05, 3.63) is 83.9 Å². The Morgan fingerprint density at radius 3 is 2.38 bits per heavy atom. The highest BCUT2D eigenvalue weighted by atomic mass is 16.5. The van der Waals surface area contributed by atoms with E-state index in [4.69, 9.17) is 15.2 Å². The molecular weight excluding hydrogens is 528 g/mol. The minimum Gasteiger partial charge on any atom is -0.378 e. The minimum atomic E-state index is -0.197. The van der Waals surface area contributed by atoms with Gasteiger partial charge in [-0.15, -0.1) is 0 Å². The number of nitrogens with one attached hydrogen (secondary N) is 1. The Morgan fingerprint density at radius 1 is 0.929 bits per heavy atom. The van der Waals surface area contributed by atoms with Crippen molar-refractivity contribution in [2.45, 2.75) is 50.7 Å². The second-order valence-electron chi connectivity index (χ2n) is 11.3. The van der Waals surface area contributed by atoms with E-state index in [1.54, 1.807) is 0 Å². The number of nitrogens with zero attached hydrogens (tertiary/aromatic N) is 2. The van der Waals surface area contributed by atoms with E-state index in [-0.39, 0.29) is 30.5 Å². The van der Waals surface area contributed by atoms with Crippen LogP contribution in [0.1, 0.15) is 36.8 Å². The lowest BCUT2D eigenvalue weighted by Crippen LogP contribution is -2.44. The quantitative estimate of drug-likeness (QED) is 0.369. The van der Waals surface area contributed by atoms with Crippen molar-refractivity contribution in [3.8, 4) is 11.1 Å². The van der Waals surface area contributed by atoms with Crippen molar-refractivity contribution in [3.63, 3.8) is 0 Å². The van der Waals surface area contributed by atoms with Crippen LogP contribution in [0.3, 0.4) is 0 Å². The van der Waals surface area contributed by atoms with E-state index in [2.05, 4.69) is 45.4 Å². The van der Waals surface area contributed by atoms with Gasteiger partial charge in [-0.25, -0.2) is 0 Å². The molecule has 222 valence electrons. The smallest absolute Gasteiger partial charge is 0.250 e. The Hall–Kier alpha value is -3.72. The molecule has 8 nitrogen and oxygen atoms in total. The predicted molar refractivity (Wildman–Crippen MR) is 166 cm³/mol. The second kappa shape index (κ2) is 14.4. The lowest BCUT2D eigenvalue weighted by molar-refractivity contribution is -0.134. The number of morpholine rings is 1. The molecule has 0 spiro atoms. The fraction of sp³-hybridized carbons (Fsp3) is 0.412. The molecule has 3 N–H and O–H groups in total. The summed E-state index contributed by atoms with van der Waals surface area (Å²) in [5, 5.41) is 3.04. The van der Waals surface area contributed by atoms with E-state index < -0.39 is 0 Å². The number of anilines is 2. The standard InChI is InChI=1S/C34H42N4O4/c1-41-24-33(39)36-31-22-28(10-15-32(31)37-16-18-42-19-17-37)27-9-5-8-26(20-27)23-38(30-13-11-29(35)12-14-30)34(40)21-25-6-3-2-4-7-25/h2-10,15,20,22,29-30H,11-14,16-19,21,23-24,35H2,1H3,(H,36,39). The molecule has 0 bridgehead atoms. The van der Waals surface area contributed by atoms with Gasteiger partial charge in [-0.05, 0) is 66.1 Å². The summed E-state index contributed by atoms with van der Waals surface area (Å²) >= 11 is 0. The molecule has 2 aliphatic rings. The van der Waals surface area contributed by atoms with Crippen molar-refractivity contribution < 1.29 is 19.1 Å². The lowest BCUT2D eigenvalue weighted by atomic mass is 9.90. The number of rotatable bonds is 10. The van der Waals surface area contributed by atoms with Gasteiger partial charge in [0.15, 0.2) is 0 Å². The molecule has 0 unspecified atom stereocenters. The van der Waals surface area contributed by atoms with Gasteiger partial charge in [0.25, 0.3) is 0 Å². The fourth-order valence-corrected chi connectivity index (χ4v) is 5.97. The summed E-state index contributed by atoms with van der Waals surface area (Å²) in [6.07, 6.45) is 4.11. The first-order chi connectivity index (χ1) is 20.5. The van der Waals surface area contributed by atoms with Crippen LogP contribution < -0.4 is 16.0 Å². The van der Waals surface area contributed by atoms with Crippen molar-refractivity contribution in [1.29, 1.82) is 0 Å². The molecule has 1 saturated carbocycles. The van der Waals surface area contributed by atoms with Crippen LogP contribution in [0.4, 0.5) is 11.4 Å². The van der Waals surface area contributed by atoms with Gasteiger partial charge in [0.05, 0.1) is 31.0 Å². The number of ether oxygens (including phenoxy) is 2. The van der Waals surface area contributed by atoms with E-state index in [0.29, 0.717) is 26.2 Å². The molecule has 0 atom stereocenters. The van der Waals surface area contributed by atoms with Gasteiger partial charge in [0, 0.05) is 38.8 Å². The number of carbonyl (C=O) groups is 2. The third-order valence-corrected chi connectivity index (χ3v) is 8.21. The van der Waals surface area contributed by atoms with Crippen LogP contribution in [0.2, 0.25) is 0 Å². The van der Waals surface area contributed by atoms with Crippen molar-refractivity contribution in [2.75, 3.05) is 50.2 Å². The fourth-order valence-electron chi connectivity index (χ4n) is 5.97. The first-order valence-corrected chi connectivity index (χ1v) is 14.9. The van der Waals surface area contributed by atoms with Crippen molar-refractivity contribution in [1.82, 2.24) is 4.90 Å². The van der Waals surface area contributed by atoms with Gasteiger partial charge in [-0.2, -0.15) is 0 Å². The zero-order valence-electron chi connectivity index (χ0n) is 24.5. The zero-order chi connectivity index (χ0) is 29.3. The third kappa shape index (κ3) is 7.76. The number of methoxy groups -OCH3 is 1. The van der Waals surface area contributed by atoms with Crippen LogP contribution >= 0.6 is 0 Å². The second-order valence-corrected chi connectivity index (χ2v) is 11.3. The summed E-state index contributed by atoms with van der Waals surface area (Å²) in [5.41, 5.74) is 12.0. The number of carbonyl (C=O) groups excluding carboxylic acids is 2. The summed E-state index contributed by atoms with van der Waals surface area (Å²) in [4.78, 5) is 30.5. The molecule has 2 amide bonds. The Bertz CT molecular complexity index is 1330. The van der Waals surface area contributed by atoms with Crippen LogP contribution in [0.25, 0.3) is 11.1 Å². The van der Waals surface area contributed by atoms with Gasteiger partial charge in [0.2, 0.25) is 11.8 Å². The molecule has 1 aliphatic heterocycles. The summed E-state index contributed by atoms with van der Waals surface area (Å²) < 4.78 is 10.6. The molecule has 42 heavy (non-hydrogen) atoms.